The highest BCUT2D eigenvalue weighted by Crippen LogP contribution is 2.24. The third-order valence-electron chi connectivity index (χ3n) is 4.66. The summed E-state index contributed by atoms with van der Waals surface area (Å²) in [6, 6.07) is 18.5. The molecule has 152 valence electrons. The quantitative estimate of drug-likeness (QED) is 0.323. The Morgan fingerprint density at radius 1 is 1.13 bits per heavy atom. The first kappa shape index (κ1) is 19.8. The van der Waals surface area contributed by atoms with Crippen LogP contribution in [0.25, 0.3) is 11.3 Å². The average molecular weight is 418 g/mol. The number of thiazole rings is 1. The highest BCUT2D eigenvalue weighted by Gasteiger charge is 2.05. The fourth-order valence-electron chi connectivity index (χ4n) is 3.04. The van der Waals surface area contributed by atoms with E-state index >= 15 is 0 Å². The van der Waals surface area contributed by atoms with E-state index in [1.807, 2.05) is 34.5 Å². The van der Waals surface area contributed by atoms with Crippen molar-refractivity contribution < 1.29 is 0 Å². The lowest BCUT2D eigenvalue weighted by Gasteiger charge is -2.23. The maximum absolute atomic E-state index is 4.58. The van der Waals surface area contributed by atoms with E-state index in [1.54, 1.807) is 12.4 Å². The summed E-state index contributed by atoms with van der Waals surface area (Å²) in [5.41, 5.74) is 7.28. The number of hydrogen-bond acceptors (Lipinski definition) is 7. The largest absolute Gasteiger partial charge is 0.370 e. The van der Waals surface area contributed by atoms with Crippen LogP contribution in [-0.4, -0.2) is 39.3 Å². The van der Waals surface area contributed by atoms with Gasteiger partial charge in [0.15, 0.2) is 0 Å². The predicted octanol–water partition coefficient (Wildman–Crippen LogP) is 4.37. The topological polar surface area (TPSA) is 71.2 Å². The van der Waals surface area contributed by atoms with Crippen LogP contribution in [0.5, 0.6) is 0 Å². The molecular weight excluding hydrogens is 394 g/mol. The zero-order valence-corrected chi connectivity index (χ0v) is 17.5. The Bertz CT molecular complexity index is 1060. The molecule has 4 rings (SSSR count). The minimum Gasteiger partial charge on any atom is -0.370 e. The third kappa shape index (κ3) is 5.09. The number of likely N-dealkylation sites (N-methyl/N-ethyl adjacent to an activating group) is 1. The normalized spacial score (nSPS) is 11.1. The SMILES string of the molecule is CCN(CCn1ccnn1)c1ccc(C=NNc2nc(-c3ccccc3)cs2)cc1. The van der Waals surface area contributed by atoms with E-state index in [-0.39, 0.29) is 0 Å². The van der Waals surface area contributed by atoms with E-state index in [0.29, 0.717) is 0 Å². The van der Waals surface area contributed by atoms with Crippen molar-refractivity contribution in [1.29, 1.82) is 0 Å². The molecule has 0 aliphatic rings. The standard InChI is InChI=1S/C22H23N7S/c1-2-28(14-15-29-13-12-23-27-29)20-10-8-18(9-11-20)16-24-26-22-25-21(17-30-22)19-6-4-3-5-7-19/h3-13,16-17H,2,14-15H2,1H3,(H,25,26). The van der Waals surface area contributed by atoms with Gasteiger partial charge in [0.05, 0.1) is 24.7 Å². The first-order valence-corrected chi connectivity index (χ1v) is 10.7. The van der Waals surface area contributed by atoms with Crippen LogP contribution in [0.1, 0.15) is 12.5 Å². The van der Waals surface area contributed by atoms with Gasteiger partial charge in [-0.15, -0.1) is 16.4 Å². The van der Waals surface area contributed by atoms with E-state index in [1.165, 1.54) is 17.0 Å². The number of nitrogens with one attached hydrogen (secondary N) is 1. The number of nitrogens with zero attached hydrogens (tertiary/aromatic N) is 6. The summed E-state index contributed by atoms with van der Waals surface area (Å²) in [7, 11) is 0. The highest BCUT2D eigenvalue weighted by molar-refractivity contribution is 7.14. The summed E-state index contributed by atoms with van der Waals surface area (Å²) in [5.74, 6) is 0. The first-order chi connectivity index (χ1) is 14.8. The second-order valence-electron chi connectivity index (χ2n) is 6.61. The smallest absolute Gasteiger partial charge is 0.203 e. The molecule has 2 aromatic carbocycles. The monoisotopic (exact) mass is 417 g/mol. The molecule has 0 spiro atoms. The van der Waals surface area contributed by atoms with Crippen LogP contribution in [0, 0.1) is 0 Å². The summed E-state index contributed by atoms with van der Waals surface area (Å²) in [6.07, 6.45) is 5.39. The second-order valence-corrected chi connectivity index (χ2v) is 7.47. The van der Waals surface area contributed by atoms with Crippen molar-refractivity contribution in [3.63, 3.8) is 0 Å². The summed E-state index contributed by atoms with van der Waals surface area (Å²) in [6.45, 7) is 4.76. The summed E-state index contributed by atoms with van der Waals surface area (Å²) in [5, 5.41) is 15.0. The van der Waals surface area contributed by atoms with Crippen LogP contribution in [-0.2, 0) is 6.54 Å². The molecule has 30 heavy (non-hydrogen) atoms. The first-order valence-electron chi connectivity index (χ1n) is 9.81. The zero-order valence-electron chi connectivity index (χ0n) is 16.7. The number of rotatable bonds is 9. The van der Waals surface area contributed by atoms with Gasteiger partial charge in [-0.05, 0) is 24.6 Å². The van der Waals surface area contributed by atoms with Crippen LogP contribution < -0.4 is 10.3 Å². The highest BCUT2D eigenvalue weighted by atomic mass is 32.1. The van der Waals surface area contributed by atoms with Gasteiger partial charge < -0.3 is 4.90 Å². The molecule has 0 atom stereocenters. The van der Waals surface area contributed by atoms with Crippen molar-refractivity contribution in [1.82, 2.24) is 20.0 Å². The predicted molar refractivity (Wildman–Crippen MR) is 123 cm³/mol. The molecule has 0 aliphatic carbocycles. The lowest BCUT2D eigenvalue weighted by Crippen LogP contribution is -2.27. The molecule has 0 unspecified atom stereocenters. The van der Waals surface area contributed by atoms with Gasteiger partial charge in [0, 0.05) is 35.9 Å². The Hall–Kier alpha value is -3.52. The molecule has 0 bridgehead atoms. The van der Waals surface area contributed by atoms with Gasteiger partial charge in [-0.3, -0.25) is 10.1 Å². The number of benzene rings is 2. The fourth-order valence-corrected chi connectivity index (χ4v) is 3.71. The van der Waals surface area contributed by atoms with Crippen molar-refractivity contribution in [2.24, 2.45) is 5.10 Å². The van der Waals surface area contributed by atoms with Crippen LogP contribution in [0.2, 0.25) is 0 Å². The molecule has 0 saturated heterocycles. The van der Waals surface area contributed by atoms with Gasteiger partial charge in [0.1, 0.15) is 0 Å². The van der Waals surface area contributed by atoms with Crippen molar-refractivity contribution in [3.05, 3.63) is 77.9 Å². The van der Waals surface area contributed by atoms with E-state index in [2.05, 4.69) is 74.0 Å². The molecular formula is C22H23N7S. The summed E-state index contributed by atoms with van der Waals surface area (Å²) >= 11 is 1.54. The average Bonchev–Trinajstić information content (AvgIpc) is 3.48. The van der Waals surface area contributed by atoms with Gasteiger partial charge in [-0.1, -0.05) is 47.7 Å². The van der Waals surface area contributed by atoms with E-state index in [4.69, 9.17) is 0 Å². The van der Waals surface area contributed by atoms with E-state index in [9.17, 15) is 0 Å². The Balaban J connectivity index is 1.33. The number of hydrazone groups is 1. The van der Waals surface area contributed by atoms with Crippen molar-refractivity contribution >= 4 is 28.4 Å². The Morgan fingerprint density at radius 2 is 1.97 bits per heavy atom. The molecule has 2 aromatic heterocycles. The lowest BCUT2D eigenvalue weighted by molar-refractivity contribution is 0.579. The van der Waals surface area contributed by atoms with Crippen LogP contribution in [0.3, 0.4) is 0 Å². The second kappa shape index (κ2) is 9.80. The maximum Gasteiger partial charge on any atom is 0.203 e. The Morgan fingerprint density at radius 3 is 2.70 bits per heavy atom. The zero-order chi connectivity index (χ0) is 20.6. The van der Waals surface area contributed by atoms with Crippen molar-refractivity contribution in [2.45, 2.75) is 13.5 Å². The lowest BCUT2D eigenvalue weighted by atomic mass is 10.2. The molecule has 2 heterocycles. The van der Waals surface area contributed by atoms with E-state index in [0.717, 1.165) is 41.6 Å². The van der Waals surface area contributed by atoms with Crippen LogP contribution in [0.4, 0.5) is 10.8 Å². The van der Waals surface area contributed by atoms with Gasteiger partial charge in [0.25, 0.3) is 0 Å². The minimum absolute atomic E-state index is 0.770. The van der Waals surface area contributed by atoms with Gasteiger partial charge in [0.2, 0.25) is 5.13 Å². The molecule has 0 saturated carbocycles. The minimum atomic E-state index is 0.770. The molecule has 0 aliphatic heterocycles. The molecule has 8 heteroatoms. The third-order valence-corrected chi connectivity index (χ3v) is 5.41. The number of anilines is 2. The molecule has 4 aromatic rings. The molecule has 1 N–H and O–H groups in total. The maximum atomic E-state index is 4.58. The van der Waals surface area contributed by atoms with Gasteiger partial charge in [-0.2, -0.15) is 5.10 Å². The van der Waals surface area contributed by atoms with Crippen molar-refractivity contribution in [2.75, 3.05) is 23.4 Å². The molecule has 7 nitrogen and oxygen atoms in total. The molecule has 0 fully saturated rings. The van der Waals surface area contributed by atoms with Gasteiger partial charge in [-0.25, -0.2) is 4.98 Å². The fraction of sp³-hybridized carbons (Fsp3) is 0.182. The number of aromatic nitrogens is 4. The molecule has 0 amide bonds. The van der Waals surface area contributed by atoms with Crippen LogP contribution in [0.15, 0.2) is 77.5 Å². The number of hydrogen-bond donors (Lipinski definition) is 1. The Labute approximate surface area is 179 Å². The van der Waals surface area contributed by atoms with E-state index < -0.39 is 0 Å². The Kier molecular flexibility index (Phi) is 6.46. The van der Waals surface area contributed by atoms with Crippen LogP contribution >= 0.6 is 11.3 Å². The molecule has 0 radical (unpaired) electrons. The van der Waals surface area contributed by atoms with Gasteiger partial charge >= 0.3 is 0 Å². The summed E-state index contributed by atoms with van der Waals surface area (Å²) in [4.78, 5) is 6.88. The van der Waals surface area contributed by atoms with Crippen molar-refractivity contribution in [3.8, 4) is 11.3 Å². The summed E-state index contributed by atoms with van der Waals surface area (Å²) < 4.78 is 1.84.